The SMILES string of the molecule is CNC(=S)C=N/C=C1/C=CC=CN1. The van der Waals surface area contributed by atoms with Crippen LogP contribution in [-0.4, -0.2) is 18.3 Å². The third-order valence-corrected chi connectivity index (χ3v) is 1.69. The van der Waals surface area contributed by atoms with E-state index in [1.165, 1.54) is 0 Å². The molecule has 3 nitrogen and oxygen atoms in total. The second kappa shape index (κ2) is 5.27. The van der Waals surface area contributed by atoms with E-state index in [2.05, 4.69) is 15.6 Å². The third-order valence-electron chi connectivity index (χ3n) is 1.38. The third kappa shape index (κ3) is 3.66. The van der Waals surface area contributed by atoms with Gasteiger partial charge in [-0.15, -0.1) is 0 Å². The van der Waals surface area contributed by atoms with Crippen LogP contribution in [0.2, 0.25) is 0 Å². The molecule has 0 aromatic rings. The molecule has 68 valence electrons. The van der Waals surface area contributed by atoms with Gasteiger partial charge in [-0.3, -0.25) is 4.99 Å². The lowest BCUT2D eigenvalue weighted by atomic mass is 10.3. The van der Waals surface area contributed by atoms with Gasteiger partial charge < -0.3 is 10.6 Å². The summed E-state index contributed by atoms with van der Waals surface area (Å²) in [6, 6.07) is 0. The van der Waals surface area contributed by atoms with E-state index in [1.54, 1.807) is 19.5 Å². The van der Waals surface area contributed by atoms with Crippen LogP contribution in [0, 0.1) is 0 Å². The van der Waals surface area contributed by atoms with E-state index in [-0.39, 0.29) is 0 Å². The van der Waals surface area contributed by atoms with E-state index < -0.39 is 0 Å². The van der Waals surface area contributed by atoms with Crippen LogP contribution >= 0.6 is 12.2 Å². The molecular weight excluding hydrogens is 182 g/mol. The van der Waals surface area contributed by atoms with E-state index >= 15 is 0 Å². The number of hydrogen-bond donors (Lipinski definition) is 2. The normalized spacial score (nSPS) is 17.8. The molecule has 1 aliphatic heterocycles. The summed E-state index contributed by atoms with van der Waals surface area (Å²) in [5.74, 6) is 0. The van der Waals surface area contributed by atoms with E-state index in [0.29, 0.717) is 4.99 Å². The molecule has 0 aromatic carbocycles. The summed E-state index contributed by atoms with van der Waals surface area (Å²) in [4.78, 5) is 4.65. The van der Waals surface area contributed by atoms with Gasteiger partial charge in [0.2, 0.25) is 0 Å². The molecule has 4 heteroatoms. The Balaban J connectivity index is 2.48. The molecular formula is C9H11N3S. The van der Waals surface area contributed by atoms with Crippen LogP contribution in [0.15, 0.2) is 41.3 Å². The molecule has 0 aliphatic carbocycles. The van der Waals surface area contributed by atoms with Gasteiger partial charge in [0.25, 0.3) is 0 Å². The molecule has 0 amide bonds. The van der Waals surface area contributed by atoms with Crippen molar-refractivity contribution in [3.8, 4) is 0 Å². The Kier molecular flexibility index (Phi) is 3.92. The zero-order valence-corrected chi connectivity index (χ0v) is 8.14. The molecule has 0 unspecified atom stereocenters. The van der Waals surface area contributed by atoms with Gasteiger partial charge in [0.15, 0.2) is 0 Å². The van der Waals surface area contributed by atoms with Crippen LogP contribution < -0.4 is 10.6 Å². The lowest BCUT2D eigenvalue weighted by molar-refractivity contribution is 1.08. The molecule has 1 heterocycles. The standard InChI is InChI=1S/C9H11N3S/c1-10-9(13)7-11-6-8-4-2-3-5-12-8/h2-7,12H,1H3,(H,10,13)/b8-6-,11-7?. The fourth-order valence-electron chi connectivity index (χ4n) is 0.737. The summed E-state index contributed by atoms with van der Waals surface area (Å²) in [6.45, 7) is 0. The minimum Gasteiger partial charge on any atom is -0.378 e. The molecule has 0 aromatic heterocycles. The second-order valence-electron chi connectivity index (χ2n) is 2.34. The van der Waals surface area contributed by atoms with Gasteiger partial charge in [-0.25, -0.2) is 0 Å². The van der Waals surface area contributed by atoms with Gasteiger partial charge in [-0.05, 0) is 12.2 Å². The Morgan fingerprint density at radius 2 is 2.46 bits per heavy atom. The molecule has 2 N–H and O–H groups in total. The Labute approximate surface area is 82.9 Å². The molecule has 0 fully saturated rings. The number of nitrogens with zero attached hydrogens (tertiary/aromatic N) is 1. The highest BCUT2D eigenvalue weighted by molar-refractivity contribution is 7.81. The Morgan fingerprint density at radius 1 is 1.62 bits per heavy atom. The number of hydrogen-bond acceptors (Lipinski definition) is 3. The average molecular weight is 193 g/mol. The maximum absolute atomic E-state index is 4.88. The number of nitrogens with one attached hydrogen (secondary N) is 2. The zero-order valence-electron chi connectivity index (χ0n) is 7.32. The lowest BCUT2D eigenvalue weighted by Gasteiger charge is -2.02. The Morgan fingerprint density at radius 3 is 3.08 bits per heavy atom. The smallest absolute Gasteiger partial charge is 0.117 e. The van der Waals surface area contributed by atoms with Gasteiger partial charge >= 0.3 is 0 Å². The maximum Gasteiger partial charge on any atom is 0.117 e. The highest BCUT2D eigenvalue weighted by Crippen LogP contribution is 1.97. The van der Waals surface area contributed by atoms with Crippen molar-refractivity contribution in [2.75, 3.05) is 7.05 Å². The first-order chi connectivity index (χ1) is 6.33. The summed E-state index contributed by atoms with van der Waals surface area (Å²) in [7, 11) is 1.77. The van der Waals surface area contributed by atoms with Crippen LogP contribution in [0.25, 0.3) is 0 Å². The summed E-state index contributed by atoms with van der Waals surface area (Å²) in [5, 5.41) is 5.83. The lowest BCUT2D eigenvalue weighted by Crippen LogP contribution is -2.16. The minimum absolute atomic E-state index is 0.618. The molecule has 0 saturated heterocycles. The van der Waals surface area contributed by atoms with Gasteiger partial charge in [-0.1, -0.05) is 18.3 Å². The van der Waals surface area contributed by atoms with Crippen molar-refractivity contribution in [2.24, 2.45) is 4.99 Å². The zero-order chi connectivity index (χ0) is 9.52. The first kappa shape index (κ1) is 9.67. The number of allylic oxidation sites excluding steroid dienone is 3. The molecule has 1 aliphatic rings. The first-order valence-corrected chi connectivity index (χ1v) is 4.28. The van der Waals surface area contributed by atoms with Crippen LogP contribution in [0.3, 0.4) is 0 Å². The number of dihydropyridines is 1. The predicted molar refractivity (Wildman–Crippen MR) is 59.6 cm³/mol. The van der Waals surface area contributed by atoms with Crippen molar-refractivity contribution >= 4 is 23.4 Å². The first-order valence-electron chi connectivity index (χ1n) is 3.88. The van der Waals surface area contributed by atoms with Crippen molar-refractivity contribution in [3.63, 3.8) is 0 Å². The van der Waals surface area contributed by atoms with Crippen LogP contribution in [0.4, 0.5) is 0 Å². The summed E-state index contributed by atoms with van der Waals surface area (Å²) in [6.07, 6.45) is 10.9. The molecule has 0 radical (unpaired) electrons. The Hall–Kier alpha value is -1.42. The van der Waals surface area contributed by atoms with Crippen molar-refractivity contribution in [1.82, 2.24) is 10.6 Å². The minimum atomic E-state index is 0.618. The van der Waals surface area contributed by atoms with Crippen molar-refractivity contribution < 1.29 is 0 Å². The molecule has 0 bridgehead atoms. The fraction of sp³-hybridized carbons (Fsp3) is 0.111. The van der Waals surface area contributed by atoms with Crippen LogP contribution in [0.1, 0.15) is 0 Å². The van der Waals surface area contributed by atoms with Crippen molar-refractivity contribution in [2.45, 2.75) is 0 Å². The molecule has 13 heavy (non-hydrogen) atoms. The number of aliphatic imine (C=N–C) groups is 1. The maximum atomic E-state index is 4.88. The van der Waals surface area contributed by atoms with E-state index in [1.807, 2.05) is 24.4 Å². The van der Waals surface area contributed by atoms with Gasteiger partial charge in [-0.2, -0.15) is 0 Å². The van der Waals surface area contributed by atoms with Crippen LogP contribution in [-0.2, 0) is 0 Å². The largest absolute Gasteiger partial charge is 0.378 e. The van der Waals surface area contributed by atoms with E-state index in [4.69, 9.17) is 12.2 Å². The highest BCUT2D eigenvalue weighted by atomic mass is 32.1. The summed E-state index contributed by atoms with van der Waals surface area (Å²) in [5.41, 5.74) is 0.942. The van der Waals surface area contributed by atoms with Crippen molar-refractivity contribution in [3.05, 3.63) is 36.3 Å². The fourth-order valence-corrected chi connectivity index (χ4v) is 0.798. The summed E-state index contributed by atoms with van der Waals surface area (Å²) >= 11 is 4.88. The summed E-state index contributed by atoms with van der Waals surface area (Å²) < 4.78 is 0. The topological polar surface area (TPSA) is 36.4 Å². The monoisotopic (exact) mass is 193 g/mol. The van der Waals surface area contributed by atoms with Gasteiger partial charge in [0.05, 0.1) is 18.1 Å². The molecule has 0 spiro atoms. The van der Waals surface area contributed by atoms with Gasteiger partial charge in [0.1, 0.15) is 4.99 Å². The predicted octanol–water partition coefficient (Wildman–Crippen LogP) is 1.12. The second-order valence-corrected chi connectivity index (χ2v) is 2.78. The average Bonchev–Trinajstić information content (AvgIpc) is 2.19. The van der Waals surface area contributed by atoms with Crippen LogP contribution in [0.5, 0.6) is 0 Å². The van der Waals surface area contributed by atoms with E-state index in [9.17, 15) is 0 Å². The molecule has 0 saturated carbocycles. The van der Waals surface area contributed by atoms with Gasteiger partial charge in [0, 0.05) is 13.2 Å². The number of rotatable bonds is 2. The van der Waals surface area contributed by atoms with E-state index in [0.717, 1.165) is 5.70 Å². The molecule has 1 rings (SSSR count). The molecule has 0 atom stereocenters. The Bertz CT molecular complexity index is 300. The van der Waals surface area contributed by atoms with Crippen molar-refractivity contribution in [1.29, 1.82) is 0 Å². The quantitative estimate of drug-likeness (QED) is 0.509. The number of thiocarbonyl (C=S) groups is 1. The highest BCUT2D eigenvalue weighted by Gasteiger charge is 1.89.